The van der Waals surface area contributed by atoms with Gasteiger partial charge < -0.3 is 5.32 Å². The third-order valence-corrected chi connectivity index (χ3v) is 4.71. The van der Waals surface area contributed by atoms with Crippen LogP contribution in [-0.4, -0.2) is 4.98 Å². The number of aromatic nitrogens is 1. The maximum absolute atomic E-state index is 4.41. The van der Waals surface area contributed by atoms with Gasteiger partial charge in [0.2, 0.25) is 0 Å². The monoisotopic (exact) mass is 318 g/mol. The maximum Gasteiger partial charge on any atom is 0.134 e. The highest BCUT2D eigenvalue weighted by Gasteiger charge is 2.04. The van der Waals surface area contributed by atoms with Crippen LogP contribution < -0.4 is 5.32 Å². The van der Waals surface area contributed by atoms with Gasteiger partial charge in [-0.2, -0.15) is 0 Å². The Kier molecular flexibility index (Phi) is 3.30. The number of fused-ring (bicyclic) bond motifs is 1. The van der Waals surface area contributed by atoms with Gasteiger partial charge in [-0.25, -0.2) is 4.98 Å². The van der Waals surface area contributed by atoms with Gasteiger partial charge in [-0.15, -0.1) is 11.3 Å². The smallest absolute Gasteiger partial charge is 0.134 e. The first-order valence-corrected chi connectivity index (χ1v) is 7.31. The average Bonchev–Trinajstić information content (AvgIpc) is 2.82. The molecule has 1 N–H and O–H groups in total. The summed E-state index contributed by atoms with van der Waals surface area (Å²) in [5.41, 5.74) is 0. The van der Waals surface area contributed by atoms with Gasteiger partial charge in [0.15, 0.2) is 0 Å². The predicted molar refractivity (Wildman–Crippen MR) is 81.1 cm³/mol. The molecule has 2 aromatic heterocycles. The van der Waals surface area contributed by atoms with Crippen molar-refractivity contribution in [3.63, 3.8) is 0 Å². The zero-order chi connectivity index (χ0) is 12.4. The standard InChI is InChI=1S/C14H11BrN2S/c15-12-6-8-18-13(12)9-17-14-11-4-2-1-3-10(11)5-7-16-14/h1-8H,9H2,(H,16,17). The predicted octanol–water partition coefficient (Wildman–Crippen LogP) is 4.67. The fraction of sp³-hybridized carbons (Fsp3) is 0.0714. The van der Waals surface area contributed by atoms with Crippen molar-refractivity contribution in [1.82, 2.24) is 4.98 Å². The van der Waals surface area contributed by atoms with Crippen molar-refractivity contribution in [2.75, 3.05) is 5.32 Å². The zero-order valence-electron chi connectivity index (χ0n) is 9.56. The van der Waals surface area contributed by atoms with Crippen molar-refractivity contribution >= 4 is 43.9 Å². The van der Waals surface area contributed by atoms with Crippen LogP contribution in [0.1, 0.15) is 4.88 Å². The van der Waals surface area contributed by atoms with Gasteiger partial charge in [0, 0.05) is 20.9 Å². The number of thiophene rings is 1. The Labute approximate surface area is 118 Å². The lowest BCUT2D eigenvalue weighted by Crippen LogP contribution is -2.00. The Hall–Kier alpha value is -1.39. The summed E-state index contributed by atoms with van der Waals surface area (Å²) >= 11 is 5.28. The summed E-state index contributed by atoms with van der Waals surface area (Å²) in [4.78, 5) is 5.70. The summed E-state index contributed by atoms with van der Waals surface area (Å²) < 4.78 is 1.15. The van der Waals surface area contributed by atoms with Crippen molar-refractivity contribution in [1.29, 1.82) is 0 Å². The van der Waals surface area contributed by atoms with Crippen molar-refractivity contribution in [3.05, 3.63) is 57.3 Å². The van der Waals surface area contributed by atoms with Gasteiger partial charge in [0.1, 0.15) is 5.82 Å². The van der Waals surface area contributed by atoms with Crippen molar-refractivity contribution in [3.8, 4) is 0 Å². The fourth-order valence-electron chi connectivity index (χ4n) is 1.88. The number of hydrogen-bond acceptors (Lipinski definition) is 3. The van der Waals surface area contributed by atoms with E-state index in [1.54, 1.807) is 11.3 Å². The van der Waals surface area contributed by atoms with E-state index in [1.165, 1.54) is 10.3 Å². The first kappa shape index (κ1) is 11.7. The molecule has 0 aliphatic heterocycles. The summed E-state index contributed by atoms with van der Waals surface area (Å²) in [5.74, 6) is 0.938. The minimum Gasteiger partial charge on any atom is -0.365 e. The van der Waals surface area contributed by atoms with Gasteiger partial charge >= 0.3 is 0 Å². The topological polar surface area (TPSA) is 24.9 Å². The molecule has 1 aromatic carbocycles. The van der Waals surface area contributed by atoms with Crippen LogP contribution in [0.25, 0.3) is 10.8 Å². The molecule has 4 heteroatoms. The van der Waals surface area contributed by atoms with Crippen molar-refractivity contribution in [2.45, 2.75) is 6.54 Å². The second-order valence-electron chi connectivity index (χ2n) is 3.93. The molecule has 0 amide bonds. The largest absolute Gasteiger partial charge is 0.365 e. The molecular formula is C14H11BrN2S. The highest BCUT2D eigenvalue weighted by atomic mass is 79.9. The second kappa shape index (κ2) is 5.08. The number of benzene rings is 1. The summed E-state index contributed by atoms with van der Waals surface area (Å²) in [5, 5.41) is 7.85. The van der Waals surface area contributed by atoms with E-state index < -0.39 is 0 Å². The number of hydrogen-bond donors (Lipinski definition) is 1. The van der Waals surface area contributed by atoms with E-state index in [0.29, 0.717) is 0 Å². The minimum atomic E-state index is 0.791. The van der Waals surface area contributed by atoms with Crippen molar-refractivity contribution in [2.24, 2.45) is 0 Å². The Balaban J connectivity index is 1.89. The molecule has 0 unspecified atom stereocenters. The number of nitrogens with one attached hydrogen (secondary N) is 1. The second-order valence-corrected chi connectivity index (χ2v) is 5.78. The van der Waals surface area contributed by atoms with Crippen LogP contribution in [0, 0.1) is 0 Å². The fourth-order valence-corrected chi connectivity index (χ4v) is 3.31. The van der Waals surface area contributed by atoms with Crippen LogP contribution in [0.3, 0.4) is 0 Å². The normalized spacial score (nSPS) is 10.7. The molecule has 0 radical (unpaired) electrons. The van der Waals surface area contributed by atoms with Crippen LogP contribution in [0.2, 0.25) is 0 Å². The summed E-state index contributed by atoms with van der Waals surface area (Å²) in [6.45, 7) is 0.791. The lowest BCUT2D eigenvalue weighted by Gasteiger charge is -2.07. The SMILES string of the molecule is Brc1ccsc1CNc1nccc2ccccc12. The molecule has 0 bridgehead atoms. The van der Waals surface area contributed by atoms with Crippen LogP contribution >= 0.6 is 27.3 Å². The van der Waals surface area contributed by atoms with E-state index in [0.717, 1.165) is 22.2 Å². The molecule has 3 aromatic rings. The van der Waals surface area contributed by atoms with Crippen LogP contribution in [-0.2, 0) is 6.54 Å². The molecule has 0 atom stereocenters. The van der Waals surface area contributed by atoms with Gasteiger partial charge in [0.25, 0.3) is 0 Å². The minimum absolute atomic E-state index is 0.791. The Morgan fingerprint density at radius 2 is 2.06 bits per heavy atom. The van der Waals surface area contributed by atoms with E-state index in [1.807, 2.05) is 24.4 Å². The summed E-state index contributed by atoms with van der Waals surface area (Å²) in [6.07, 6.45) is 1.84. The van der Waals surface area contributed by atoms with Gasteiger partial charge in [-0.05, 0) is 38.8 Å². The van der Waals surface area contributed by atoms with E-state index in [2.05, 4.69) is 49.8 Å². The van der Waals surface area contributed by atoms with Crippen LogP contribution in [0.5, 0.6) is 0 Å². The van der Waals surface area contributed by atoms with E-state index in [9.17, 15) is 0 Å². The molecule has 18 heavy (non-hydrogen) atoms. The number of halogens is 1. The molecule has 2 nitrogen and oxygen atoms in total. The Morgan fingerprint density at radius 3 is 2.89 bits per heavy atom. The Bertz CT molecular complexity index is 673. The summed E-state index contributed by atoms with van der Waals surface area (Å²) in [6, 6.07) is 12.4. The highest BCUT2D eigenvalue weighted by Crippen LogP contribution is 2.25. The van der Waals surface area contributed by atoms with Crippen molar-refractivity contribution < 1.29 is 0 Å². The van der Waals surface area contributed by atoms with E-state index >= 15 is 0 Å². The highest BCUT2D eigenvalue weighted by molar-refractivity contribution is 9.10. The van der Waals surface area contributed by atoms with Gasteiger partial charge in [-0.1, -0.05) is 24.3 Å². The molecule has 90 valence electrons. The number of pyridine rings is 1. The quantitative estimate of drug-likeness (QED) is 0.759. The molecule has 0 saturated heterocycles. The summed E-state index contributed by atoms with van der Waals surface area (Å²) in [7, 11) is 0. The van der Waals surface area contributed by atoms with Gasteiger partial charge in [0.05, 0.1) is 6.54 Å². The molecule has 0 spiro atoms. The molecule has 0 aliphatic carbocycles. The molecule has 2 heterocycles. The maximum atomic E-state index is 4.41. The number of nitrogens with zero attached hydrogens (tertiary/aromatic N) is 1. The third-order valence-electron chi connectivity index (χ3n) is 2.78. The first-order valence-electron chi connectivity index (χ1n) is 5.64. The van der Waals surface area contributed by atoms with Gasteiger partial charge in [-0.3, -0.25) is 0 Å². The third kappa shape index (κ3) is 2.26. The van der Waals surface area contributed by atoms with Crippen LogP contribution in [0.15, 0.2) is 52.4 Å². The van der Waals surface area contributed by atoms with Crippen LogP contribution in [0.4, 0.5) is 5.82 Å². The molecule has 0 aliphatic rings. The first-order chi connectivity index (χ1) is 8.84. The lowest BCUT2D eigenvalue weighted by atomic mass is 10.1. The number of rotatable bonds is 3. The lowest BCUT2D eigenvalue weighted by molar-refractivity contribution is 1.15. The zero-order valence-corrected chi connectivity index (χ0v) is 12.0. The number of anilines is 1. The average molecular weight is 319 g/mol. The van der Waals surface area contributed by atoms with E-state index in [-0.39, 0.29) is 0 Å². The molecular weight excluding hydrogens is 308 g/mol. The van der Waals surface area contributed by atoms with E-state index in [4.69, 9.17) is 0 Å². The molecule has 0 saturated carbocycles. The molecule has 0 fully saturated rings. The molecule has 3 rings (SSSR count). The Morgan fingerprint density at radius 1 is 1.17 bits per heavy atom.